The van der Waals surface area contributed by atoms with Crippen LogP contribution in [0.5, 0.6) is 0 Å². The minimum atomic E-state index is -3.56. The summed E-state index contributed by atoms with van der Waals surface area (Å²) in [5, 5.41) is 0. The lowest BCUT2D eigenvalue weighted by Crippen LogP contribution is -2.26. The first-order valence-electron chi connectivity index (χ1n) is 5.51. The van der Waals surface area contributed by atoms with Crippen LogP contribution in [0.2, 0.25) is 4.34 Å². The highest BCUT2D eigenvalue weighted by Gasteiger charge is 2.20. The zero-order chi connectivity index (χ0) is 14.0. The minimum absolute atomic E-state index is 0.202. The number of anilines is 1. The van der Waals surface area contributed by atoms with Crippen LogP contribution in [0.25, 0.3) is 0 Å². The van der Waals surface area contributed by atoms with Gasteiger partial charge in [-0.3, -0.25) is 0 Å². The number of hydrogen-bond donors (Lipinski definition) is 2. The van der Waals surface area contributed by atoms with Crippen molar-refractivity contribution in [3.8, 4) is 0 Å². The second-order valence-corrected chi connectivity index (χ2v) is 7.73. The third-order valence-electron chi connectivity index (χ3n) is 2.56. The van der Waals surface area contributed by atoms with Gasteiger partial charge in [-0.05, 0) is 36.8 Å². The Morgan fingerprint density at radius 2 is 2.05 bits per heavy atom. The van der Waals surface area contributed by atoms with E-state index in [0.29, 0.717) is 10.0 Å². The van der Waals surface area contributed by atoms with Gasteiger partial charge in [-0.15, -0.1) is 11.3 Å². The van der Waals surface area contributed by atoms with Crippen LogP contribution in [0.4, 0.5) is 5.69 Å². The second kappa shape index (κ2) is 5.50. The van der Waals surface area contributed by atoms with Gasteiger partial charge in [0.15, 0.2) is 0 Å². The number of halogens is 1. The van der Waals surface area contributed by atoms with Crippen LogP contribution in [-0.2, 0) is 10.0 Å². The summed E-state index contributed by atoms with van der Waals surface area (Å²) in [4.78, 5) is 0. The SMILES string of the molecule is CC(NS(=O)(=O)c1ccc(Cl)s1)c1cccc(N)c1. The van der Waals surface area contributed by atoms with E-state index in [1.54, 1.807) is 31.2 Å². The first-order chi connectivity index (χ1) is 8.88. The van der Waals surface area contributed by atoms with Crippen LogP contribution < -0.4 is 10.5 Å². The number of hydrogen-bond acceptors (Lipinski definition) is 4. The van der Waals surface area contributed by atoms with E-state index in [4.69, 9.17) is 17.3 Å². The molecule has 0 aliphatic rings. The Morgan fingerprint density at radius 1 is 1.32 bits per heavy atom. The summed E-state index contributed by atoms with van der Waals surface area (Å²) in [7, 11) is -3.56. The fraction of sp³-hybridized carbons (Fsp3) is 0.167. The molecule has 0 fully saturated rings. The van der Waals surface area contributed by atoms with E-state index in [1.165, 1.54) is 6.07 Å². The van der Waals surface area contributed by atoms with Gasteiger partial charge >= 0.3 is 0 Å². The van der Waals surface area contributed by atoms with Gasteiger partial charge in [-0.2, -0.15) is 0 Å². The maximum Gasteiger partial charge on any atom is 0.250 e. The summed E-state index contributed by atoms with van der Waals surface area (Å²) in [6, 6.07) is 9.79. The number of thiophene rings is 1. The molecule has 1 atom stereocenters. The minimum Gasteiger partial charge on any atom is -0.399 e. The Bertz CT molecular complexity index is 683. The molecule has 0 aliphatic heterocycles. The largest absolute Gasteiger partial charge is 0.399 e. The van der Waals surface area contributed by atoms with Gasteiger partial charge in [0.1, 0.15) is 4.21 Å². The highest BCUT2D eigenvalue weighted by atomic mass is 35.5. The second-order valence-electron chi connectivity index (χ2n) is 4.07. The monoisotopic (exact) mass is 316 g/mol. The molecule has 4 nitrogen and oxygen atoms in total. The summed E-state index contributed by atoms with van der Waals surface area (Å²) in [6.45, 7) is 1.77. The van der Waals surface area contributed by atoms with Gasteiger partial charge in [-0.25, -0.2) is 13.1 Å². The van der Waals surface area contributed by atoms with Crippen molar-refractivity contribution in [3.05, 3.63) is 46.3 Å². The predicted molar refractivity (Wildman–Crippen MR) is 78.9 cm³/mol. The Hall–Kier alpha value is -1.08. The lowest BCUT2D eigenvalue weighted by molar-refractivity contribution is 0.569. The summed E-state index contributed by atoms with van der Waals surface area (Å²) in [5.41, 5.74) is 7.09. The smallest absolute Gasteiger partial charge is 0.250 e. The van der Waals surface area contributed by atoms with E-state index in [-0.39, 0.29) is 10.3 Å². The van der Waals surface area contributed by atoms with Gasteiger partial charge < -0.3 is 5.73 Å². The average Bonchev–Trinajstić information content (AvgIpc) is 2.76. The lowest BCUT2D eigenvalue weighted by Gasteiger charge is -2.14. The van der Waals surface area contributed by atoms with Crippen molar-refractivity contribution in [2.75, 3.05) is 5.73 Å². The van der Waals surface area contributed by atoms with E-state index in [2.05, 4.69) is 4.72 Å². The molecule has 0 saturated carbocycles. The third kappa shape index (κ3) is 3.48. The number of sulfonamides is 1. The van der Waals surface area contributed by atoms with Gasteiger partial charge in [0.05, 0.1) is 4.34 Å². The van der Waals surface area contributed by atoms with Crippen molar-refractivity contribution < 1.29 is 8.42 Å². The molecular weight excluding hydrogens is 304 g/mol. The molecule has 102 valence electrons. The molecule has 1 aromatic heterocycles. The van der Waals surface area contributed by atoms with Crippen LogP contribution in [-0.4, -0.2) is 8.42 Å². The van der Waals surface area contributed by atoms with Crippen molar-refractivity contribution in [2.45, 2.75) is 17.2 Å². The molecular formula is C12H13ClN2O2S2. The number of nitrogen functional groups attached to an aromatic ring is 1. The Labute approximate surface area is 121 Å². The van der Waals surface area contributed by atoms with Crippen LogP contribution in [0.15, 0.2) is 40.6 Å². The molecule has 0 saturated heterocycles. The van der Waals surface area contributed by atoms with Gasteiger partial charge in [0.2, 0.25) is 0 Å². The van der Waals surface area contributed by atoms with E-state index in [0.717, 1.165) is 16.9 Å². The van der Waals surface area contributed by atoms with Crippen molar-refractivity contribution >= 4 is 38.6 Å². The molecule has 1 unspecified atom stereocenters. The molecule has 1 aromatic carbocycles. The molecule has 7 heteroatoms. The molecule has 0 amide bonds. The zero-order valence-electron chi connectivity index (χ0n) is 10.1. The maximum absolute atomic E-state index is 12.1. The zero-order valence-corrected chi connectivity index (χ0v) is 12.5. The molecule has 3 N–H and O–H groups in total. The van der Waals surface area contributed by atoms with Crippen LogP contribution in [0.3, 0.4) is 0 Å². The topological polar surface area (TPSA) is 72.2 Å². The molecule has 2 aromatic rings. The van der Waals surface area contributed by atoms with Crippen LogP contribution in [0, 0.1) is 0 Å². The highest BCUT2D eigenvalue weighted by molar-refractivity contribution is 7.91. The summed E-state index contributed by atoms with van der Waals surface area (Å²) in [5.74, 6) is 0. The quantitative estimate of drug-likeness (QED) is 0.852. The highest BCUT2D eigenvalue weighted by Crippen LogP contribution is 2.27. The van der Waals surface area contributed by atoms with E-state index < -0.39 is 10.0 Å². The van der Waals surface area contributed by atoms with Gasteiger partial charge in [-0.1, -0.05) is 23.7 Å². The third-order valence-corrected chi connectivity index (χ3v) is 5.82. The number of rotatable bonds is 4. The molecule has 19 heavy (non-hydrogen) atoms. The number of nitrogens with one attached hydrogen (secondary N) is 1. The molecule has 2 rings (SSSR count). The van der Waals surface area contributed by atoms with Gasteiger partial charge in [0.25, 0.3) is 10.0 Å². The van der Waals surface area contributed by atoms with Crippen molar-refractivity contribution in [3.63, 3.8) is 0 Å². The number of nitrogens with two attached hydrogens (primary N) is 1. The fourth-order valence-electron chi connectivity index (χ4n) is 1.63. The summed E-state index contributed by atoms with van der Waals surface area (Å²) < 4.78 is 27.5. The standard InChI is InChI=1S/C12H13ClN2O2S2/c1-8(9-3-2-4-10(14)7-9)15-19(16,17)12-6-5-11(13)18-12/h2-8,15H,14H2,1H3. The molecule has 0 spiro atoms. The normalized spacial score (nSPS) is 13.4. The summed E-state index contributed by atoms with van der Waals surface area (Å²) >= 11 is 6.78. The fourth-order valence-corrected chi connectivity index (χ4v) is 4.36. The van der Waals surface area contributed by atoms with Crippen LogP contribution >= 0.6 is 22.9 Å². The maximum atomic E-state index is 12.1. The van der Waals surface area contributed by atoms with E-state index >= 15 is 0 Å². The summed E-state index contributed by atoms with van der Waals surface area (Å²) in [6.07, 6.45) is 0. The Balaban J connectivity index is 2.21. The molecule has 0 bridgehead atoms. The van der Waals surface area contributed by atoms with Crippen molar-refractivity contribution in [2.24, 2.45) is 0 Å². The number of benzene rings is 1. The molecule has 0 aliphatic carbocycles. The van der Waals surface area contributed by atoms with Gasteiger partial charge in [0, 0.05) is 11.7 Å². The van der Waals surface area contributed by atoms with Crippen LogP contribution in [0.1, 0.15) is 18.5 Å². The van der Waals surface area contributed by atoms with Crippen molar-refractivity contribution in [1.82, 2.24) is 4.72 Å². The first kappa shape index (κ1) is 14.3. The molecule has 0 radical (unpaired) electrons. The molecule has 1 heterocycles. The van der Waals surface area contributed by atoms with E-state index in [1.807, 2.05) is 6.07 Å². The van der Waals surface area contributed by atoms with Crippen molar-refractivity contribution in [1.29, 1.82) is 0 Å². The van der Waals surface area contributed by atoms with E-state index in [9.17, 15) is 8.42 Å². The Morgan fingerprint density at radius 3 is 2.63 bits per heavy atom. The lowest BCUT2D eigenvalue weighted by atomic mass is 10.1. The predicted octanol–water partition coefficient (Wildman–Crippen LogP) is 3.02. The average molecular weight is 317 g/mol. The first-order valence-corrected chi connectivity index (χ1v) is 8.19. The Kier molecular flexibility index (Phi) is 4.15.